The molecule has 7 nitrogen and oxygen atoms in total. The molecule has 1 saturated heterocycles. The Hall–Kier alpha value is -2.97. The van der Waals surface area contributed by atoms with Gasteiger partial charge in [0, 0.05) is 25.2 Å². The molecule has 2 heterocycles. The molecule has 0 atom stereocenters. The Morgan fingerprint density at radius 2 is 1.57 bits per heavy atom. The summed E-state index contributed by atoms with van der Waals surface area (Å²) in [6.07, 6.45) is 1.77. The molecule has 0 spiro atoms. The molecule has 1 fully saturated rings. The van der Waals surface area contributed by atoms with Gasteiger partial charge in [-0.3, -0.25) is 9.48 Å². The largest absolute Gasteiger partial charge is 0.348 e. The number of benzene rings is 2. The highest BCUT2D eigenvalue weighted by Gasteiger charge is 2.33. The van der Waals surface area contributed by atoms with Gasteiger partial charge in [-0.1, -0.05) is 48.9 Å². The van der Waals surface area contributed by atoms with Gasteiger partial charge >= 0.3 is 0 Å². The fourth-order valence-electron chi connectivity index (χ4n) is 4.49. The van der Waals surface area contributed by atoms with Gasteiger partial charge in [0.15, 0.2) is 0 Å². The number of nitrogens with one attached hydrogen (secondary N) is 1. The van der Waals surface area contributed by atoms with Gasteiger partial charge in [-0.05, 0) is 62.8 Å². The third-order valence-electron chi connectivity index (χ3n) is 6.78. The first kappa shape index (κ1) is 25.1. The SMILES string of the molecule is Cc1ccc(CNC(=O)c2ccc(Cn3nc(C)c(S(=O)(=O)N4CCC(C)CC4)c3C)cc2)cc1. The van der Waals surface area contributed by atoms with Gasteiger partial charge in [-0.25, -0.2) is 8.42 Å². The molecule has 0 aliphatic carbocycles. The molecule has 2 aromatic carbocycles. The Morgan fingerprint density at radius 1 is 0.971 bits per heavy atom. The third-order valence-corrected chi connectivity index (χ3v) is 8.93. The summed E-state index contributed by atoms with van der Waals surface area (Å²) in [6.45, 7) is 9.78. The molecule has 0 saturated carbocycles. The lowest BCUT2D eigenvalue weighted by molar-refractivity contribution is 0.0951. The molecular formula is C27H34N4O3S. The molecular weight excluding hydrogens is 460 g/mol. The van der Waals surface area contributed by atoms with E-state index >= 15 is 0 Å². The molecule has 1 aromatic heterocycles. The smallest absolute Gasteiger partial charge is 0.251 e. The van der Waals surface area contributed by atoms with Gasteiger partial charge in [0.2, 0.25) is 10.0 Å². The number of carbonyl (C=O) groups is 1. The van der Waals surface area contributed by atoms with Crippen LogP contribution in [0.1, 0.15) is 58.2 Å². The first-order valence-electron chi connectivity index (χ1n) is 12.1. The molecule has 0 bridgehead atoms. The number of hydrogen-bond acceptors (Lipinski definition) is 4. The van der Waals surface area contributed by atoms with Crippen LogP contribution in [0.15, 0.2) is 53.4 Å². The van der Waals surface area contributed by atoms with E-state index in [4.69, 9.17) is 0 Å². The van der Waals surface area contributed by atoms with Gasteiger partial charge in [0.1, 0.15) is 4.90 Å². The van der Waals surface area contributed by atoms with E-state index in [1.807, 2.05) is 50.2 Å². The highest BCUT2D eigenvalue weighted by atomic mass is 32.2. The molecule has 186 valence electrons. The van der Waals surface area contributed by atoms with Crippen LogP contribution in [0.25, 0.3) is 0 Å². The van der Waals surface area contributed by atoms with Crippen molar-refractivity contribution in [1.82, 2.24) is 19.4 Å². The number of nitrogens with zero attached hydrogens (tertiary/aromatic N) is 3. The van der Waals surface area contributed by atoms with Gasteiger partial charge in [0.25, 0.3) is 5.91 Å². The third kappa shape index (κ3) is 5.65. The predicted molar refractivity (Wildman–Crippen MR) is 137 cm³/mol. The van der Waals surface area contributed by atoms with E-state index in [0.717, 1.165) is 24.0 Å². The number of amides is 1. The van der Waals surface area contributed by atoms with Crippen molar-refractivity contribution in [2.24, 2.45) is 5.92 Å². The zero-order valence-corrected chi connectivity index (χ0v) is 21.7. The maximum absolute atomic E-state index is 13.3. The molecule has 0 unspecified atom stereocenters. The highest BCUT2D eigenvalue weighted by Crippen LogP contribution is 2.28. The molecule has 8 heteroatoms. The Bertz CT molecular complexity index is 1290. The summed E-state index contributed by atoms with van der Waals surface area (Å²) in [5.41, 5.74) is 4.92. The fourth-order valence-corrected chi connectivity index (χ4v) is 6.33. The van der Waals surface area contributed by atoms with Crippen LogP contribution in [-0.2, 0) is 23.1 Å². The lowest BCUT2D eigenvalue weighted by Gasteiger charge is -2.29. The molecule has 35 heavy (non-hydrogen) atoms. The van der Waals surface area contributed by atoms with E-state index in [1.165, 1.54) is 5.56 Å². The molecule has 3 aromatic rings. The highest BCUT2D eigenvalue weighted by molar-refractivity contribution is 7.89. The standard InChI is InChI=1S/C27H34N4O3S/c1-19-5-7-23(8-6-19)17-28-27(32)25-11-9-24(10-12-25)18-31-22(4)26(21(3)29-31)35(33,34)30-15-13-20(2)14-16-30/h5-12,20H,13-18H2,1-4H3,(H,28,32). The van der Waals surface area contributed by atoms with E-state index in [2.05, 4.69) is 17.3 Å². The van der Waals surface area contributed by atoms with Crippen LogP contribution in [0.4, 0.5) is 0 Å². The Balaban J connectivity index is 1.43. The van der Waals surface area contributed by atoms with Gasteiger partial charge in [-0.2, -0.15) is 9.40 Å². The van der Waals surface area contributed by atoms with Crippen molar-refractivity contribution in [2.45, 2.75) is 58.5 Å². The van der Waals surface area contributed by atoms with Crippen molar-refractivity contribution >= 4 is 15.9 Å². The first-order chi connectivity index (χ1) is 16.6. The summed E-state index contributed by atoms with van der Waals surface area (Å²) in [6, 6.07) is 15.4. The average Bonchev–Trinajstić information content (AvgIpc) is 3.12. The van der Waals surface area contributed by atoms with Crippen molar-refractivity contribution in [3.05, 3.63) is 82.2 Å². The van der Waals surface area contributed by atoms with Crippen LogP contribution in [0.5, 0.6) is 0 Å². The summed E-state index contributed by atoms with van der Waals surface area (Å²) < 4.78 is 30.0. The maximum Gasteiger partial charge on any atom is 0.251 e. The van der Waals surface area contributed by atoms with E-state index in [0.29, 0.717) is 53.9 Å². The van der Waals surface area contributed by atoms with Crippen molar-refractivity contribution in [3.8, 4) is 0 Å². The zero-order chi connectivity index (χ0) is 25.2. The normalized spacial score (nSPS) is 15.3. The summed E-state index contributed by atoms with van der Waals surface area (Å²) in [4.78, 5) is 12.9. The van der Waals surface area contributed by atoms with Crippen LogP contribution >= 0.6 is 0 Å². The minimum absolute atomic E-state index is 0.132. The topological polar surface area (TPSA) is 84.3 Å². The van der Waals surface area contributed by atoms with E-state index < -0.39 is 10.0 Å². The van der Waals surface area contributed by atoms with Crippen LogP contribution in [0, 0.1) is 26.7 Å². The van der Waals surface area contributed by atoms with Gasteiger partial charge < -0.3 is 5.32 Å². The van der Waals surface area contributed by atoms with E-state index in [-0.39, 0.29) is 5.91 Å². The quantitative estimate of drug-likeness (QED) is 0.533. The second-order valence-corrected chi connectivity index (χ2v) is 11.5. The molecule has 4 rings (SSSR count). The Kier molecular flexibility index (Phi) is 7.42. The minimum Gasteiger partial charge on any atom is -0.348 e. The molecule has 1 amide bonds. The number of hydrogen-bond donors (Lipinski definition) is 1. The molecule has 1 N–H and O–H groups in total. The lowest BCUT2D eigenvalue weighted by Crippen LogP contribution is -2.38. The van der Waals surface area contributed by atoms with Crippen LogP contribution in [0.3, 0.4) is 0 Å². The fraction of sp³-hybridized carbons (Fsp3) is 0.407. The second-order valence-electron chi connectivity index (χ2n) is 9.61. The van der Waals surface area contributed by atoms with Crippen molar-refractivity contribution in [3.63, 3.8) is 0 Å². The van der Waals surface area contributed by atoms with Crippen LogP contribution < -0.4 is 5.32 Å². The summed E-state index contributed by atoms with van der Waals surface area (Å²) in [7, 11) is -3.57. The molecule has 1 aliphatic heterocycles. The van der Waals surface area contributed by atoms with Gasteiger partial charge in [-0.15, -0.1) is 0 Å². The summed E-state index contributed by atoms with van der Waals surface area (Å²) in [5.74, 6) is 0.423. The number of aromatic nitrogens is 2. The van der Waals surface area contributed by atoms with Crippen molar-refractivity contribution in [2.75, 3.05) is 13.1 Å². The number of rotatable bonds is 7. The van der Waals surface area contributed by atoms with Gasteiger partial charge in [0.05, 0.1) is 17.9 Å². The van der Waals surface area contributed by atoms with Crippen molar-refractivity contribution < 1.29 is 13.2 Å². The summed E-state index contributed by atoms with van der Waals surface area (Å²) >= 11 is 0. The first-order valence-corrected chi connectivity index (χ1v) is 13.6. The Morgan fingerprint density at radius 3 is 2.20 bits per heavy atom. The summed E-state index contributed by atoms with van der Waals surface area (Å²) in [5, 5.41) is 7.49. The zero-order valence-electron chi connectivity index (χ0n) is 20.9. The Labute approximate surface area is 208 Å². The molecule has 1 aliphatic rings. The van der Waals surface area contributed by atoms with Crippen LogP contribution in [0.2, 0.25) is 0 Å². The van der Waals surface area contributed by atoms with Crippen molar-refractivity contribution in [1.29, 1.82) is 0 Å². The van der Waals surface area contributed by atoms with E-state index in [9.17, 15) is 13.2 Å². The minimum atomic E-state index is -3.57. The monoisotopic (exact) mass is 494 g/mol. The second kappa shape index (κ2) is 10.3. The maximum atomic E-state index is 13.3. The van der Waals surface area contributed by atoms with E-state index in [1.54, 1.807) is 28.0 Å². The number of sulfonamides is 1. The molecule has 0 radical (unpaired) electrons. The predicted octanol–water partition coefficient (Wildman–Crippen LogP) is 4.21. The average molecular weight is 495 g/mol. The number of aryl methyl sites for hydroxylation is 2. The number of carbonyl (C=O) groups excluding carboxylic acids is 1. The lowest BCUT2D eigenvalue weighted by atomic mass is 10.0. The van der Waals surface area contributed by atoms with Crippen LogP contribution in [-0.4, -0.2) is 41.5 Å². The number of piperidine rings is 1.